The molecule has 13 nitrogen and oxygen atoms in total. The zero-order chi connectivity index (χ0) is 27.9. The van der Waals surface area contributed by atoms with Crippen molar-refractivity contribution < 1.29 is 24.3 Å². The summed E-state index contributed by atoms with van der Waals surface area (Å²) in [6.45, 7) is 1.50. The van der Waals surface area contributed by atoms with Gasteiger partial charge in [0.05, 0.1) is 18.4 Å². The van der Waals surface area contributed by atoms with Crippen LogP contribution in [0.1, 0.15) is 29.6 Å². The lowest BCUT2D eigenvalue weighted by atomic mass is 9.85. The molecule has 0 radical (unpaired) electrons. The molecule has 6 rings (SSSR count). The summed E-state index contributed by atoms with van der Waals surface area (Å²) >= 11 is 0. The Morgan fingerprint density at radius 3 is 2.58 bits per heavy atom. The number of para-hydroxylation sites is 1. The largest absolute Gasteiger partial charge is 0.465 e. The van der Waals surface area contributed by atoms with Crippen LogP contribution in [-0.4, -0.2) is 110 Å². The van der Waals surface area contributed by atoms with Crippen LogP contribution in [0.3, 0.4) is 0 Å². The van der Waals surface area contributed by atoms with Gasteiger partial charge in [-0.25, -0.2) is 9.78 Å². The summed E-state index contributed by atoms with van der Waals surface area (Å²) in [6, 6.07) is 11.1. The third kappa shape index (κ3) is 4.56. The molecular weight excluding hydrogens is 516 g/mol. The maximum absolute atomic E-state index is 13.9. The van der Waals surface area contributed by atoms with Gasteiger partial charge in [0.15, 0.2) is 5.65 Å². The number of nitrogens with zero attached hydrogens (tertiary/aromatic N) is 6. The molecule has 5 heterocycles. The molecule has 0 bridgehead atoms. The number of carbonyl (C=O) groups is 4. The number of nitrogens with one attached hydrogen (secondary N) is 2. The number of piperidine rings is 1. The van der Waals surface area contributed by atoms with E-state index in [1.165, 1.54) is 11.1 Å². The predicted octanol–water partition coefficient (Wildman–Crippen LogP) is 1.11. The normalized spacial score (nSPS) is 20.5. The number of hydrogen-bond acceptors (Lipinski definition) is 7. The minimum Gasteiger partial charge on any atom is -0.465 e. The molecule has 3 saturated heterocycles. The first-order chi connectivity index (χ1) is 19.3. The lowest BCUT2D eigenvalue weighted by Crippen LogP contribution is -2.57. The Labute approximate surface area is 229 Å². The van der Waals surface area contributed by atoms with Crippen molar-refractivity contribution in [3.05, 3.63) is 54.4 Å². The van der Waals surface area contributed by atoms with E-state index in [-0.39, 0.29) is 43.5 Å². The molecule has 0 aliphatic carbocycles. The zero-order valence-corrected chi connectivity index (χ0v) is 21.8. The second-order valence-corrected chi connectivity index (χ2v) is 10.5. The van der Waals surface area contributed by atoms with E-state index in [0.717, 1.165) is 11.1 Å². The highest BCUT2D eigenvalue weighted by atomic mass is 16.4. The third-order valence-corrected chi connectivity index (χ3v) is 8.16. The van der Waals surface area contributed by atoms with Crippen LogP contribution in [0.5, 0.6) is 0 Å². The topological polar surface area (TPSA) is 155 Å². The van der Waals surface area contributed by atoms with Crippen LogP contribution in [-0.2, 0) is 9.59 Å². The molecule has 40 heavy (non-hydrogen) atoms. The van der Waals surface area contributed by atoms with Gasteiger partial charge in [-0.3, -0.25) is 19.5 Å². The summed E-state index contributed by atoms with van der Waals surface area (Å²) in [4.78, 5) is 62.2. The Hall–Kier alpha value is -4.68. The standard InChI is InChI=1S/C27H30N8O5/c36-22(30-20-6-9-33(15-20)26(39)40)16-34-17-35(21-4-2-1-3-5-21)27(25(34)38)7-10-32(11-8-27)24(37)19-12-18-14-29-31-23(18)28-13-19/h1-5,12-14,20H,6-11,15-17H2,(H,30,36)(H,39,40)(H,28,29,31)/t20-/m0/s1. The van der Waals surface area contributed by atoms with Crippen molar-refractivity contribution in [2.75, 3.05) is 44.3 Å². The molecule has 0 unspecified atom stereocenters. The van der Waals surface area contributed by atoms with E-state index in [4.69, 9.17) is 0 Å². The number of anilines is 1. The Bertz CT molecular complexity index is 1450. The molecule has 13 heteroatoms. The molecular formula is C27H30N8O5. The first-order valence-electron chi connectivity index (χ1n) is 13.3. The van der Waals surface area contributed by atoms with Gasteiger partial charge in [0.2, 0.25) is 5.91 Å². The Balaban J connectivity index is 1.16. The minimum atomic E-state index is -1.00. The number of aromatic nitrogens is 3. The van der Waals surface area contributed by atoms with Gasteiger partial charge in [-0.15, -0.1) is 0 Å². The fourth-order valence-electron chi connectivity index (χ4n) is 6.04. The molecule has 3 aliphatic heterocycles. The molecule has 208 valence electrons. The van der Waals surface area contributed by atoms with E-state index >= 15 is 0 Å². The second kappa shape index (κ2) is 10.1. The van der Waals surface area contributed by atoms with Crippen LogP contribution in [0, 0.1) is 0 Å². The highest BCUT2D eigenvalue weighted by molar-refractivity contribution is 5.98. The lowest BCUT2D eigenvalue weighted by Gasteiger charge is -2.43. The molecule has 3 fully saturated rings. The Morgan fingerprint density at radius 1 is 1.07 bits per heavy atom. The zero-order valence-electron chi connectivity index (χ0n) is 21.8. The number of likely N-dealkylation sites (tertiary alicyclic amines) is 2. The molecule has 1 atom stereocenters. The highest BCUT2D eigenvalue weighted by Gasteiger charge is 2.54. The van der Waals surface area contributed by atoms with Crippen molar-refractivity contribution in [1.29, 1.82) is 0 Å². The smallest absolute Gasteiger partial charge is 0.407 e. The van der Waals surface area contributed by atoms with Crippen molar-refractivity contribution in [3.63, 3.8) is 0 Å². The summed E-state index contributed by atoms with van der Waals surface area (Å²) in [5, 5.41) is 19.6. The number of H-pyrrole nitrogens is 1. The van der Waals surface area contributed by atoms with Gasteiger partial charge in [-0.05, 0) is 37.5 Å². The van der Waals surface area contributed by atoms with Gasteiger partial charge < -0.3 is 30.0 Å². The van der Waals surface area contributed by atoms with Gasteiger partial charge in [0, 0.05) is 49.5 Å². The fourth-order valence-corrected chi connectivity index (χ4v) is 6.04. The molecule has 3 N–H and O–H groups in total. The van der Waals surface area contributed by atoms with E-state index < -0.39 is 11.6 Å². The van der Waals surface area contributed by atoms with Crippen LogP contribution in [0.15, 0.2) is 48.8 Å². The number of amides is 4. The van der Waals surface area contributed by atoms with E-state index in [2.05, 4.69) is 20.5 Å². The van der Waals surface area contributed by atoms with Gasteiger partial charge in [0.25, 0.3) is 11.8 Å². The van der Waals surface area contributed by atoms with Gasteiger partial charge in [0.1, 0.15) is 12.1 Å². The average molecular weight is 547 g/mol. The molecule has 1 spiro atoms. The summed E-state index contributed by atoms with van der Waals surface area (Å²) < 4.78 is 0. The van der Waals surface area contributed by atoms with Crippen LogP contribution < -0.4 is 10.2 Å². The second-order valence-electron chi connectivity index (χ2n) is 10.5. The number of rotatable bonds is 5. The number of pyridine rings is 1. The summed E-state index contributed by atoms with van der Waals surface area (Å²) in [7, 11) is 0. The minimum absolute atomic E-state index is 0.119. The van der Waals surface area contributed by atoms with Crippen molar-refractivity contribution >= 4 is 40.5 Å². The Morgan fingerprint density at radius 2 is 1.85 bits per heavy atom. The molecule has 0 saturated carbocycles. The molecule has 1 aromatic carbocycles. The fraction of sp³-hybridized carbons (Fsp3) is 0.407. The number of hydrogen-bond donors (Lipinski definition) is 3. The first kappa shape index (κ1) is 25.6. The lowest BCUT2D eigenvalue weighted by molar-refractivity contribution is -0.137. The molecule has 2 aromatic heterocycles. The van der Waals surface area contributed by atoms with E-state index in [1.807, 2.05) is 35.2 Å². The van der Waals surface area contributed by atoms with Crippen LogP contribution >= 0.6 is 0 Å². The number of benzene rings is 1. The predicted molar refractivity (Wildman–Crippen MR) is 143 cm³/mol. The van der Waals surface area contributed by atoms with E-state index in [1.54, 1.807) is 22.1 Å². The maximum atomic E-state index is 13.9. The number of carboxylic acid groups (broad SMARTS) is 1. The van der Waals surface area contributed by atoms with Gasteiger partial charge in [-0.2, -0.15) is 5.10 Å². The average Bonchev–Trinajstić information content (AvgIpc) is 3.69. The molecule has 3 aromatic rings. The third-order valence-electron chi connectivity index (χ3n) is 8.16. The monoisotopic (exact) mass is 546 g/mol. The Kier molecular flexibility index (Phi) is 6.48. The van der Waals surface area contributed by atoms with Crippen molar-refractivity contribution in [3.8, 4) is 0 Å². The number of aromatic amines is 1. The first-order valence-corrected chi connectivity index (χ1v) is 13.3. The molecule has 3 aliphatic rings. The van der Waals surface area contributed by atoms with E-state index in [9.17, 15) is 24.3 Å². The summed E-state index contributed by atoms with van der Waals surface area (Å²) in [6.07, 6.45) is 3.53. The van der Waals surface area contributed by atoms with Gasteiger partial charge >= 0.3 is 6.09 Å². The van der Waals surface area contributed by atoms with Crippen LogP contribution in [0.25, 0.3) is 11.0 Å². The SMILES string of the molecule is O=C(CN1CN(c2ccccc2)C2(CCN(C(=O)c3cnc4[nH]ncc4c3)CC2)C1=O)N[C@H]1CCN(C(=O)O)C1. The summed E-state index contributed by atoms with van der Waals surface area (Å²) in [5.41, 5.74) is 1.08. The number of carbonyl (C=O) groups excluding carboxylic acids is 3. The van der Waals surface area contributed by atoms with Crippen LogP contribution in [0.2, 0.25) is 0 Å². The van der Waals surface area contributed by atoms with Crippen molar-refractivity contribution in [1.82, 2.24) is 35.2 Å². The van der Waals surface area contributed by atoms with Crippen molar-refractivity contribution in [2.45, 2.75) is 30.8 Å². The van der Waals surface area contributed by atoms with Crippen molar-refractivity contribution in [2.24, 2.45) is 0 Å². The number of fused-ring (bicyclic) bond motifs is 1. The van der Waals surface area contributed by atoms with Gasteiger partial charge in [-0.1, -0.05) is 18.2 Å². The maximum Gasteiger partial charge on any atom is 0.407 e. The quantitative estimate of drug-likeness (QED) is 0.430. The summed E-state index contributed by atoms with van der Waals surface area (Å²) in [5.74, 6) is -0.602. The van der Waals surface area contributed by atoms with E-state index in [0.29, 0.717) is 50.1 Å². The highest BCUT2D eigenvalue weighted by Crippen LogP contribution is 2.39. The molecule has 4 amide bonds. The van der Waals surface area contributed by atoms with Crippen LogP contribution in [0.4, 0.5) is 10.5 Å².